The monoisotopic (exact) mass is 285 g/mol. The van der Waals surface area contributed by atoms with Crippen molar-refractivity contribution < 1.29 is 23.1 Å². The van der Waals surface area contributed by atoms with Gasteiger partial charge in [-0.2, -0.15) is 0 Å². The van der Waals surface area contributed by atoms with E-state index in [0.29, 0.717) is 11.3 Å². The lowest BCUT2D eigenvalue weighted by molar-refractivity contribution is 0.0601. The van der Waals surface area contributed by atoms with Crippen LogP contribution in [0.1, 0.15) is 10.4 Å². The lowest BCUT2D eigenvalue weighted by Gasteiger charge is -2.16. The summed E-state index contributed by atoms with van der Waals surface area (Å²) in [6, 6.07) is 5.95. The van der Waals surface area contributed by atoms with Gasteiger partial charge in [-0.15, -0.1) is 0 Å². The van der Waals surface area contributed by atoms with Gasteiger partial charge in [-0.05, 0) is 18.2 Å². The molecule has 1 saturated heterocycles. The number of aliphatic hydroxyl groups excluding tert-OH is 1. The van der Waals surface area contributed by atoms with Crippen LogP contribution in [-0.4, -0.2) is 50.3 Å². The Bertz CT molecular complexity index is 584. The third-order valence-corrected chi connectivity index (χ3v) is 4.67. The third-order valence-electron chi connectivity index (χ3n) is 2.96. The molecule has 0 aromatic heterocycles. The van der Waals surface area contributed by atoms with Crippen LogP contribution in [0.2, 0.25) is 0 Å². The SMILES string of the molecule is COC(=O)c1cccc(NC2CS(=O)(=O)CC2O)c1. The van der Waals surface area contributed by atoms with Gasteiger partial charge in [-0.25, -0.2) is 13.2 Å². The average Bonchev–Trinajstić information content (AvgIpc) is 2.61. The zero-order valence-corrected chi connectivity index (χ0v) is 11.2. The summed E-state index contributed by atoms with van der Waals surface area (Å²) in [6.07, 6.45) is -0.938. The van der Waals surface area contributed by atoms with E-state index in [1.165, 1.54) is 7.11 Å². The molecule has 7 heteroatoms. The van der Waals surface area contributed by atoms with E-state index in [-0.39, 0.29) is 11.5 Å². The fraction of sp³-hybridized carbons (Fsp3) is 0.417. The van der Waals surface area contributed by atoms with Gasteiger partial charge in [0, 0.05) is 5.69 Å². The molecule has 1 heterocycles. The summed E-state index contributed by atoms with van der Waals surface area (Å²) >= 11 is 0. The second-order valence-electron chi connectivity index (χ2n) is 4.47. The standard InChI is InChI=1S/C12H15NO5S/c1-18-12(15)8-3-2-4-9(5-8)13-10-6-19(16,17)7-11(10)14/h2-5,10-11,13-14H,6-7H2,1H3. The van der Waals surface area contributed by atoms with Crippen molar-refractivity contribution in [2.75, 3.05) is 23.9 Å². The molecular formula is C12H15NO5S. The molecule has 19 heavy (non-hydrogen) atoms. The summed E-state index contributed by atoms with van der Waals surface area (Å²) in [5, 5.41) is 12.6. The number of ether oxygens (including phenoxy) is 1. The number of methoxy groups -OCH3 is 1. The fourth-order valence-corrected chi connectivity index (χ4v) is 3.78. The minimum absolute atomic E-state index is 0.114. The molecular weight excluding hydrogens is 270 g/mol. The molecule has 0 amide bonds. The van der Waals surface area contributed by atoms with Crippen LogP contribution >= 0.6 is 0 Å². The first-order chi connectivity index (χ1) is 8.91. The summed E-state index contributed by atoms with van der Waals surface area (Å²) in [7, 11) is -1.91. The number of rotatable bonds is 3. The van der Waals surface area contributed by atoms with Crippen LogP contribution < -0.4 is 5.32 Å². The number of carbonyl (C=O) groups is 1. The summed E-state index contributed by atoms with van der Waals surface area (Å²) in [6.45, 7) is 0. The first kappa shape index (κ1) is 13.8. The zero-order chi connectivity index (χ0) is 14.0. The first-order valence-corrected chi connectivity index (χ1v) is 7.57. The minimum atomic E-state index is -3.20. The van der Waals surface area contributed by atoms with Crippen molar-refractivity contribution in [3.8, 4) is 0 Å². The van der Waals surface area contributed by atoms with Gasteiger partial charge in [0.2, 0.25) is 0 Å². The van der Waals surface area contributed by atoms with Crippen molar-refractivity contribution in [3.63, 3.8) is 0 Å². The molecule has 0 spiro atoms. The van der Waals surface area contributed by atoms with Crippen molar-refractivity contribution in [1.82, 2.24) is 0 Å². The second kappa shape index (κ2) is 5.18. The van der Waals surface area contributed by atoms with E-state index in [1.54, 1.807) is 24.3 Å². The van der Waals surface area contributed by atoms with E-state index in [9.17, 15) is 18.3 Å². The van der Waals surface area contributed by atoms with Gasteiger partial charge >= 0.3 is 5.97 Å². The summed E-state index contributed by atoms with van der Waals surface area (Å²) < 4.78 is 27.4. The molecule has 0 saturated carbocycles. The van der Waals surface area contributed by atoms with E-state index >= 15 is 0 Å². The van der Waals surface area contributed by atoms with Crippen molar-refractivity contribution in [3.05, 3.63) is 29.8 Å². The van der Waals surface area contributed by atoms with Crippen LogP contribution in [-0.2, 0) is 14.6 Å². The molecule has 1 fully saturated rings. The lowest BCUT2D eigenvalue weighted by Crippen LogP contribution is -2.31. The number of nitrogens with one attached hydrogen (secondary N) is 1. The Kier molecular flexibility index (Phi) is 3.77. The highest BCUT2D eigenvalue weighted by molar-refractivity contribution is 7.91. The Balaban J connectivity index is 2.14. The van der Waals surface area contributed by atoms with Crippen molar-refractivity contribution in [2.24, 2.45) is 0 Å². The molecule has 1 aromatic carbocycles. The van der Waals surface area contributed by atoms with E-state index in [1.807, 2.05) is 0 Å². The molecule has 104 valence electrons. The number of hydrogen-bond donors (Lipinski definition) is 2. The molecule has 2 N–H and O–H groups in total. The molecule has 0 radical (unpaired) electrons. The van der Waals surface area contributed by atoms with E-state index in [2.05, 4.69) is 10.1 Å². The zero-order valence-electron chi connectivity index (χ0n) is 10.4. The van der Waals surface area contributed by atoms with E-state index in [4.69, 9.17) is 0 Å². The maximum atomic E-state index is 11.4. The molecule has 6 nitrogen and oxygen atoms in total. The van der Waals surface area contributed by atoms with Crippen LogP contribution in [0.25, 0.3) is 0 Å². The number of hydrogen-bond acceptors (Lipinski definition) is 6. The van der Waals surface area contributed by atoms with Gasteiger partial charge in [0.15, 0.2) is 9.84 Å². The first-order valence-electron chi connectivity index (χ1n) is 5.75. The number of sulfone groups is 1. The Hall–Kier alpha value is -1.60. The highest BCUT2D eigenvalue weighted by Gasteiger charge is 2.36. The summed E-state index contributed by atoms with van der Waals surface area (Å²) in [5.41, 5.74) is 0.937. The smallest absolute Gasteiger partial charge is 0.337 e. The second-order valence-corrected chi connectivity index (χ2v) is 6.62. The van der Waals surface area contributed by atoms with Crippen molar-refractivity contribution >= 4 is 21.5 Å². The van der Waals surface area contributed by atoms with Gasteiger partial charge < -0.3 is 15.2 Å². The summed E-state index contributed by atoms with van der Waals surface area (Å²) in [4.78, 5) is 11.4. The Labute approximate surface area is 111 Å². The average molecular weight is 285 g/mol. The number of benzene rings is 1. The third kappa shape index (κ3) is 3.24. The summed E-state index contributed by atoms with van der Waals surface area (Å²) in [5.74, 6) is -0.818. The number of carbonyl (C=O) groups excluding carboxylic acids is 1. The van der Waals surface area contributed by atoms with Crippen molar-refractivity contribution in [2.45, 2.75) is 12.1 Å². The molecule has 0 bridgehead atoms. The lowest BCUT2D eigenvalue weighted by atomic mass is 10.1. The number of aliphatic hydroxyl groups is 1. The Morgan fingerprint density at radius 2 is 2.16 bits per heavy atom. The predicted molar refractivity (Wildman–Crippen MR) is 69.9 cm³/mol. The van der Waals surface area contributed by atoms with E-state index in [0.717, 1.165) is 0 Å². The molecule has 0 aliphatic carbocycles. The highest BCUT2D eigenvalue weighted by atomic mass is 32.2. The van der Waals surface area contributed by atoms with Gasteiger partial charge in [-0.1, -0.05) is 6.07 Å². The number of esters is 1. The molecule has 2 atom stereocenters. The molecule has 1 aliphatic heterocycles. The fourth-order valence-electron chi connectivity index (χ4n) is 2.03. The quantitative estimate of drug-likeness (QED) is 0.762. The molecule has 2 rings (SSSR count). The van der Waals surface area contributed by atoms with Crippen LogP contribution in [0.4, 0.5) is 5.69 Å². The minimum Gasteiger partial charge on any atom is -0.465 e. The van der Waals surface area contributed by atoms with Crippen LogP contribution in [0.3, 0.4) is 0 Å². The normalized spacial score (nSPS) is 24.9. The maximum Gasteiger partial charge on any atom is 0.337 e. The van der Waals surface area contributed by atoms with Gasteiger partial charge in [-0.3, -0.25) is 0 Å². The maximum absolute atomic E-state index is 11.4. The van der Waals surface area contributed by atoms with Gasteiger partial charge in [0.05, 0.1) is 36.3 Å². The Morgan fingerprint density at radius 3 is 2.74 bits per heavy atom. The largest absolute Gasteiger partial charge is 0.465 e. The van der Waals surface area contributed by atoms with E-state index < -0.39 is 28.0 Å². The highest BCUT2D eigenvalue weighted by Crippen LogP contribution is 2.19. The van der Waals surface area contributed by atoms with Crippen molar-refractivity contribution in [1.29, 1.82) is 0 Å². The Morgan fingerprint density at radius 1 is 1.42 bits per heavy atom. The molecule has 1 aromatic rings. The van der Waals surface area contributed by atoms with Crippen LogP contribution in [0.5, 0.6) is 0 Å². The van der Waals surface area contributed by atoms with Crippen LogP contribution in [0.15, 0.2) is 24.3 Å². The molecule has 1 aliphatic rings. The topological polar surface area (TPSA) is 92.7 Å². The van der Waals surface area contributed by atoms with Gasteiger partial charge in [0.25, 0.3) is 0 Å². The van der Waals surface area contributed by atoms with Crippen LogP contribution in [0, 0.1) is 0 Å². The number of anilines is 1. The molecule has 2 unspecified atom stereocenters. The van der Waals surface area contributed by atoms with Gasteiger partial charge in [0.1, 0.15) is 0 Å². The predicted octanol–water partition coefficient (Wildman–Crippen LogP) is 0.0430.